The molecule has 0 radical (unpaired) electrons. The van der Waals surface area contributed by atoms with Crippen LogP contribution in [-0.2, 0) is 4.74 Å². The zero-order chi connectivity index (χ0) is 26.7. The van der Waals surface area contributed by atoms with E-state index in [1.807, 2.05) is 0 Å². The van der Waals surface area contributed by atoms with Gasteiger partial charge in [0.15, 0.2) is 0 Å². The van der Waals surface area contributed by atoms with Crippen LogP contribution in [0.4, 0.5) is 0 Å². The van der Waals surface area contributed by atoms with Gasteiger partial charge in [-0.25, -0.2) is 0 Å². The Bertz CT molecular complexity index is 338. The van der Waals surface area contributed by atoms with E-state index in [-0.39, 0.29) is 9.90 Å². The van der Waals surface area contributed by atoms with Gasteiger partial charge in [-0.3, -0.25) is 0 Å². The molecule has 1 unspecified atom stereocenters. The fraction of sp³-hybridized carbons (Fsp3) is 1.00. The number of ether oxygens (including phenoxy) is 1. The predicted molar refractivity (Wildman–Crippen MR) is 181 cm³/mol. The van der Waals surface area contributed by atoms with E-state index in [9.17, 15) is 0 Å². The van der Waals surface area contributed by atoms with Gasteiger partial charge in [-0.15, -0.1) is 0 Å². The quantitative estimate of drug-likeness (QED) is 0.0565. The first-order valence-electron chi connectivity index (χ1n) is 18.0. The van der Waals surface area contributed by atoms with Crippen LogP contribution in [0.1, 0.15) is 219 Å². The topological polar surface area (TPSA) is 9.23 Å². The van der Waals surface area contributed by atoms with Crippen LogP contribution in [0.5, 0.6) is 0 Å². The SMILES string of the molecule is CCCCCCCCCCCCCCCCCCOCCCCCCCCCCCCCCCCCC.P. The summed E-state index contributed by atoms with van der Waals surface area (Å²) in [4.78, 5) is 0. The van der Waals surface area contributed by atoms with Crippen molar-refractivity contribution in [2.24, 2.45) is 0 Å². The Balaban J connectivity index is 0. The van der Waals surface area contributed by atoms with E-state index in [2.05, 4.69) is 13.8 Å². The molecule has 0 fully saturated rings. The Morgan fingerprint density at radius 1 is 0.237 bits per heavy atom. The fourth-order valence-corrected chi connectivity index (χ4v) is 5.61. The standard InChI is InChI=1S/C36H74O.H3P/c1-3-5-7-9-11-13-15-17-19-21-23-25-27-29-31-33-35-37-36-34-32-30-28-26-24-22-20-18-16-14-12-10-8-6-4-2;/h3-36H2,1-2H3;1H3. The summed E-state index contributed by atoms with van der Waals surface area (Å²) < 4.78 is 5.87. The van der Waals surface area contributed by atoms with Gasteiger partial charge in [0, 0.05) is 13.2 Å². The lowest BCUT2D eigenvalue weighted by Crippen LogP contribution is -1.97. The summed E-state index contributed by atoms with van der Waals surface area (Å²) in [6.45, 7) is 6.60. The van der Waals surface area contributed by atoms with Crippen molar-refractivity contribution in [1.29, 1.82) is 0 Å². The third kappa shape index (κ3) is 38.5. The lowest BCUT2D eigenvalue weighted by atomic mass is 10.0. The molecule has 0 saturated heterocycles. The molecule has 0 aliphatic rings. The van der Waals surface area contributed by atoms with Crippen molar-refractivity contribution in [3.05, 3.63) is 0 Å². The van der Waals surface area contributed by atoms with Gasteiger partial charge in [-0.1, -0.05) is 206 Å². The van der Waals surface area contributed by atoms with E-state index < -0.39 is 0 Å². The fourth-order valence-electron chi connectivity index (χ4n) is 5.61. The lowest BCUT2D eigenvalue weighted by molar-refractivity contribution is 0.125. The molecule has 0 amide bonds. The molecule has 0 aromatic rings. The van der Waals surface area contributed by atoms with Crippen LogP contribution in [0.3, 0.4) is 0 Å². The molecule has 0 aliphatic carbocycles. The van der Waals surface area contributed by atoms with Gasteiger partial charge in [0.1, 0.15) is 0 Å². The summed E-state index contributed by atoms with van der Waals surface area (Å²) in [6, 6.07) is 0. The second-order valence-corrected chi connectivity index (χ2v) is 12.2. The molecule has 0 aromatic carbocycles. The highest BCUT2D eigenvalue weighted by molar-refractivity contribution is 6.92. The third-order valence-electron chi connectivity index (χ3n) is 8.28. The van der Waals surface area contributed by atoms with Crippen LogP contribution in [-0.4, -0.2) is 13.2 Å². The van der Waals surface area contributed by atoms with Crippen LogP contribution in [0.25, 0.3) is 0 Å². The molecule has 38 heavy (non-hydrogen) atoms. The average Bonchev–Trinajstić information content (AvgIpc) is 2.91. The summed E-state index contributed by atoms with van der Waals surface area (Å²) in [5.41, 5.74) is 0. The van der Waals surface area contributed by atoms with Gasteiger partial charge < -0.3 is 4.74 Å². The summed E-state index contributed by atoms with van der Waals surface area (Å²) in [5, 5.41) is 0. The molecule has 0 N–H and O–H groups in total. The third-order valence-corrected chi connectivity index (χ3v) is 8.28. The van der Waals surface area contributed by atoms with Gasteiger partial charge >= 0.3 is 0 Å². The number of unbranched alkanes of at least 4 members (excludes halogenated alkanes) is 30. The molecule has 0 aromatic heterocycles. The van der Waals surface area contributed by atoms with E-state index in [1.54, 1.807) is 0 Å². The molecule has 0 spiro atoms. The van der Waals surface area contributed by atoms with Gasteiger partial charge in [0.2, 0.25) is 0 Å². The number of rotatable bonds is 34. The van der Waals surface area contributed by atoms with Crippen molar-refractivity contribution < 1.29 is 4.74 Å². The Morgan fingerprint density at radius 2 is 0.395 bits per heavy atom. The maximum absolute atomic E-state index is 5.87. The van der Waals surface area contributed by atoms with Crippen molar-refractivity contribution in [3.63, 3.8) is 0 Å². The molecule has 1 atom stereocenters. The first-order chi connectivity index (χ1) is 18.4. The Morgan fingerprint density at radius 3 is 0.579 bits per heavy atom. The zero-order valence-electron chi connectivity index (χ0n) is 27.2. The number of hydrogen-bond donors (Lipinski definition) is 0. The van der Waals surface area contributed by atoms with Crippen LogP contribution in [0.2, 0.25) is 0 Å². The highest BCUT2D eigenvalue weighted by Crippen LogP contribution is 2.15. The predicted octanol–water partition coefficient (Wildman–Crippen LogP) is 13.6. The lowest BCUT2D eigenvalue weighted by Gasteiger charge is -2.06. The second kappa shape index (κ2) is 39.5. The smallest absolute Gasteiger partial charge is 0.0466 e. The first kappa shape index (κ1) is 40.5. The van der Waals surface area contributed by atoms with E-state index in [0.717, 1.165) is 13.2 Å². The van der Waals surface area contributed by atoms with Gasteiger partial charge in [0.25, 0.3) is 0 Å². The highest BCUT2D eigenvalue weighted by atomic mass is 31.0. The maximum atomic E-state index is 5.87. The van der Waals surface area contributed by atoms with Crippen LogP contribution in [0.15, 0.2) is 0 Å². The molecular formula is C36H77OP. The van der Waals surface area contributed by atoms with Gasteiger partial charge in [0.05, 0.1) is 0 Å². The molecular weight excluding hydrogens is 479 g/mol. The minimum absolute atomic E-state index is 0. The molecule has 2 heteroatoms. The van der Waals surface area contributed by atoms with Gasteiger partial charge in [-0.2, -0.15) is 9.90 Å². The number of hydrogen-bond acceptors (Lipinski definition) is 1. The van der Waals surface area contributed by atoms with Crippen LogP contribution in [0, 0.1) is 0 Å². The molecule has 1 nitrogen and oxygen atoms in total. The molecule has 0 rings (SSSR count). The Kier molecular flexibility index (Phi) is 42.2. The summed E-state index contributed by atoms with van der Waals surface area (Å²) >= 11 is 0. The zero-order valence-corrected chi connectivity index (χ0v) is 28.6. The van der Waals surface area contributed by atoms with Crippen molar-refractivity contribution in [2.75, 3.05) is 13.2 Å². The van der Waals surface area contributed by atoms with E-state index >= 15 is 0 Å². The first-order valence-corrected chi connectivity index (χ1v) is 18.0. The second-order valence-electron chi connectivity index (χ2n) is 12.2. The summed E-state index contributed by atoms with van der Waals surface area (Å²) in [5.74, 6) is 0. The average molecular weight is 557 g/mol. The molecule has 0 bridgehead atoms. The molecule has 232 valence electrons. The van der Waals surface area contributed by atoms with Crippen molar-refractivity contribution >= 4 is 9.90 Å². The molecule has 0 heterocycles. The Hall–Kier alpha value is 0.390. The largest absolute Gasteiger partial charge is 0.381 e. The summed E-state index contributed by atoms with van der Waals surface area (Å²) in [7, 11) is 0. The van der Waals surface area contributed by atoms with Crippen molar-refractivity contribution in [1.82, 2.24) is 0 Å². The minimum atomic E-state index is 0. The molecule has 0 aliphatic heterocycles. The van der Waals surface area contributed by atoms with Crippen LogP contribution >= 0.6 is 9.90 Å². The normalized spacial score (nSPS) is 11.2. The van der Waals surface area contributed by atoms with Crippen molar-refractivity contribution in [3.8, 4) is 0 Å². The maximum Gasteiger partial charge on any atom is 0.0466 e. The Labute approximate surface area is 246 Å². The van der Waals surface area contributed by atoms with E-state index in [0.29, 0.717) is 0 Å². The monoisotopic (exact) mass is 557 g/mol. The minimum Gasteiger partial charge on any atom is -0.381 e. The van der Waals surface area contributed by atoms with Crippen LogP contribution < -0.4 is 0 Å². The van der Waals surface area contributed by atoms with E-state index in [4.69, 9.17) is 4.74 Å². The van der Waals surface area contributed by atoms with E-state index in [1.165, 1.54) is 205 Å². The van der Waals surface area contributed by atoms with Crippen molar-refractivity contribution in [2.45, 2.75) is 219 Å². The summed E-state index contributed by atoms with van der Waals surface area (Å²) in [6.07, 6.45) is 46.0. The highest BCUT2D eigenvalue weighted by Gasteiger charge is 1.97. The molecule has 0 saturated carbocycles. The van der Waals surface area contributed by atoms with Gasteiger partial charge in [-0.05, 0) is 12.8 Å².